The van der Waals surface area contributed by atoms with Crippen LogP contribution in [0.3, 0.4) is 0 Å². The van der Waals surface area contributed by atoms with Gasteiger partial charge in [-0.05, 0) is 18.9 Å². The molecule has 4 aromatic rings. The highest BCUT2D eigenvalue weighted by Gasteiger charge is 2.34. The largest absolute Gasteiger partial charge is 0.433 e. The lowest BCUT2D eigenvalue weighted by molar-refractivity contribution is -0.141. The van der Waals surface area contributed by atoms with Gasteiger partial charge in [-0.2, -0.15) is 18.3 Å². The molecule has 0 aromatic carbocycles. The smallest absolute Gasteiger partial charge is 0.324 e. The van der Waals surface area contributed by atoms with Crippen molar-refractivity contribution in [2.24, 2.45) is 14.1 Å². The number of aryl methyl sites for hydroxylation is 1. The van der Waals surface area contributed by atoms with E-state index < -0.39 is 21.7 Å². The van der Waals surface area contributed by atoms with E-state index >= 15 is 0 Å². The van der Waals surface area contributed by atoms with Crippen molar-refractivity contribution in [3.63, 3.8) is 0 Å². The molecule has 0 unspecified atom stereocenters. The molecule has 0 amide bonds. The average Bonchev–Trinajstić information content (AvgIpc) is 3.25. The molecule has 0 saturated heterocycles. The van der Waals surface area contributed by atoms with Crippen molar-refractivity contribution >= 4 is 20.9 Å². The molecule has 4 aromatic heterocycles. The molecule has 0 spiro atoms. The van der Waals surface area contributed by atoms with Crippen LogP contribution in [0, 0.1) is 0 Å². The van der Waals surface area contributed by atoms with E-state index in [1.807, 2.05) is 10.9 Å². The van der Waals surface area contributed by atoms with Gasteiger partial charge in [-0.1, -0.05) is 6.92 Å². The Kier molecular flexibility index (Phi) is 4.68. The van der Waals surface area contributed by atoms with Gasteiger partial charge in [0.2, 0.25) is 0 Å². The van der Waals surface area contributed by atoms with Gasteiger partial charge < -0.3 is 9.13 Å². The van der Waals surface area contributed by atoms with Crippen molar-refractivity contribution in [2.45, 2.75) is 37.0 Å². The maximum absolute atomic E-state index is 13.1. The van der Waals surface area contributed by atoms with Gasteiger partial charge in [-0.25, -0.2) is 23.4 Å². The maximum Gasteiger partial charge on any atom is 0.433 e. The molecule has 9 nitrogen and oxygen atoms in total. The quantitative estimate of drug-likeness (QED) is 0.435. The van der Waals surface area contributed by atoms with E-state index in [2.05, 4.69) is 20.1 Å². The minimum atomic E-state index is -4.62. The van der Waals surface area contributed by atoms with E-state index in [1.54, 1.807) is 20.3 Å². The summed E-state index contributed by atoms with van der Waals surface area (Å²) in [6.45, 7) is 1.52. The molecule has 0 bridgehead atoms. The Hall–Kier alpha value is -3.22. The standard InChI is InChI=1S/C20H20F3N7O2S/c1-4-33(31,32)19-16(27-17(29(19)3)11-8-25-30(10-11)12-5-6-12)18-26-13-7-15(20(21,22)23)24-9-14(13)28(18)2/h7-10,12H,4-6H2,1-3H3. The predicted octanol–water partition coefficient (Wildman–Crippen LogP) is 3.38. The Balaban J connectivity index is 1.73. The molecule has 1 aliphatic carbocycles. The molecular weight excluding hydrogens is 459 g/mol. The summed E-state index contributed by atoms with van der Waals surface area (Å²) >= 11 is 0. The molecule has 1 saturated carbocycles. The van der Waals surface area contributed by atoms with Crippen LogP contribution in [0.25, 0.3) is 33.9 Å². The third-order valence-corrected chi connectivity index (χ3v) is 7.58. The normalized spacial score (nSPS) is 15.0. The highest BCUT2D eigenvalue weighted by molar-refractivity contribution is 7.91. The fourth-order valence-corrected chi connectivity index (χ4v) is 5.04. The predicted molar refractivity (Wildman–Crippen MR) is 113 cm³/mol. The summed E-state index contributed by atoms with van der Waals surface area (Å²) in [4.78, 5) is 12.4. The first-order valence-electron chi connectivity index (χ1n) is 10.2. The van der Waals surface area contributed by atoms with Crippen LogP contribution in [0.1, 0.15) is 31.5 Å². The third-order valence-electron chi connectivity index (χ3n) is 5.77. The highest BCUT2D eigenvalue weighted by Crippen LogP contribution is 2.37. The first kappa shape index (κ1) is 21.6. The number of aromatic nitrogens is 7. The minimum Gasteiger partial charge on any atom is -0.324 e. The van der Waals surface area contributed by atoms with Crippen molar-refractivity contribution in [3.8, 4) is 22.9 Å². The Labute approximate surface area is 186 Å². The van der Waals surface area contributed by atoms with Crippen molar-refractivity contribution in [1.82, 2.24) is 33.9 Å². The van der Waals surface area contributed by atoms with E-state index in [-0.39, 0.29) is 27.8 Å². The minimum absolute atomic E-state index is 0.0448. The van der Waals surface area contributed by atoms with Crippen LogP contribution < -0.4 is 0 Å². The van der Waals surface area contributed by atoms with Crippen LogP contribution >= 0.6 is 0 Å². The zero-order chi connectivity index (χ0) is 23.7. The second-order valence-electron chi connectivity index (χ2n) is 8.04. The summed E-state index contributed by atoms with van der Waals surface area (Å²) in [5.41, 5.74) is 0.00838. The number of hydrogen-bond acceptors (Lipinski definition) is 6. The average molecular weight is 479 g/mol. The van der Waals surface area contributed by atoms with Crippen molar-refractivity contribution in [1.29, 1.82) is 0 Å². The van der Waals surface area contributed by atoms with Gasteiger partial charge in [0.25, 0.3) is 0 Å². The summed E-state index contributed by atoms with van der Waals surface area (Å²) in [6.07, 6.45) is 1.98. The van der Waals surface area contributed by atoms with Crippen molar-refractivity contribution in [2.75, 3.05) is 5.75 Å². The van der Waals surface area contributed by atoms with Crippen LogP contribution in [0.2, 0.25) is 0 Å². The number of rotatable bonds is 5. The van der Waals surface area contributed by atoms with Gasteiger partial charge in [0, 0.05) is 20.3 Å². The van der Waals surface area contributed by atoms with Crippen LogP contribution in [-0.2, 0) is 30.1 Å². The van der Waals surface area contributed by atoms with Crippen LogP contribution in [0.15, 0.2) is 29.7 Å². The first-order valence-corrected chi connectivity index (χ1v) is 11.9. The lowest BCUT2D eigenvalue weighted by atomic mass is 10.3. The SMILES string of the molecule is CCS(=O)(=O)c1c(-c2nc3cc(C(F)(F)F)ncc3n2C)nc(-c2cnn(C3CC3)c2)n1C. The highest BCUT2D eigenvalue weighted by atomic mass is 32.2. The molecular formula is C20H20F3N7O2S. The third kappa shape index (κ3) is 3.50. The van der Waals surface area contributed by atoms with Gasteiger partial charge >= 0.3 is 6.18 Å². The van der Waals surface area contributed by atoms with E-state index in [0.29, 0.717) is 22.9 Å². The fourth-order valence-electron chi connectivity index (χ4n) is 3.83. The summed E-state index contributed by atoms with van der Waals surface area (Å²) in [6, 6.07) is 1.18. The number of nitrogens with zero attached hydrogens (tertiary/aromatic N) is 7. The lowest BCUT2D eigenvalue weighted by Crippen LogP contribution is -2.11. The van der Waals surface area contributed by atoms with Gasteiger partial charge in [0.05, 0.1) is 40.8 Å². The maximum atomic E-state index is 13.1. The number of sulfone groups is 1. The van der Waals surface area contributed by atoms with Crippen LogP contribution in [-0.4, -0.2) is 48.0 Å². The van der Waals surface area contributed by atoms with Gasteiger partial charge in [-0.15, -0.1) is 0 Å². The molecule has 33 heavy (non-hydrogen) atoms. The molecule has 13 heteroatoms. The molecule has 0 aliphatic heterocycles. The second kappa shape index (κ2) is 7.14. The number of halogens is 3. The number of pyridine rings is 1. The summed E-state index contributed by atoms with van der Waals surface area (Å²) in [5, 5.41) is 4.30. The van der Waals surface area contributed by atoms with E-state index in [4.69, 9.17) is 0 Å². The first-order chi connectivity index (χ1) is 15.5. The van der Waals surface area contributed by atoms with Gasteiger partial charge in [0.1, 0.15) is 17.2 Å². The fraction of sp³-hybridized carbons (Fsp3) is 0.400. The molecule has 0 N–H and O–H groups in total. The molecule has 4 heterocycles. The number of imidazole rings is 2. The topological polar surface area (TPSA) is 100 Å². The molecule has 0 radical (unpaired) electrons. The summed E-state index contributed by atoms with van der Waals surface area (Å²) in [5.74, 6) is 0.337. The van der Waals surface area contributed by atoms with Crippen LogP contribution in [0.4, 0.5) is 13.2 Å². The lowest BCUT2D eigenvalue weighted by Gasteiger charge is -2.07. The summed E-state index contributed by atoms with van der Waals surface area (Å²) < 4.78 is 70.2. The van der Waals surface area contributed by atoms with Gasteiger partial charge in [0.15, 0.2) is 20.7 Å². The number of hydrogen-bond donors (Lipinski definition) is 0. The van der Waals surface area contributed by atoms with Crippen molar-refractivity contribution < 1.29 is 21.6 Å². The van der Waals surface area contributed by atoms with Crippen LogP contribution in [0.5, 0.6) is 0 Å². The van der Waals surface area contributed by atoms with E-state index in [0.717, 1.165) is 25.1 Å². The number of alkyl halides is 3. The Morgan fingerprint density at radius 1 is 1.09 bits per heavy atom. The number of fused-ring (bicyclic) bond motifs is 1. The molecule has 0 atom stereocenters. The molecule has 5 rings (SSSR count). The zero-order valence-electron chi connectivity index (χ0n) is 18.0. The molecule has 1 fully saturated rings. The van der Waals surface area contributed by atoms with E-state index in [1.165, 1.54) is 16.1 Å². The molecule has 174 valence electrons. The molecule has 1 aliphatic rings. The second-order valence-corrected chi connectivity index (χ2v) is 10.2. The van der Waals surface area contributed by atoms with E-state index in [9.17, 15) is 21.6 Å². The van der Waals surface area contributed by atoms with Crippen molar-refractivity contribution in [3.05, 3.63) is 30.4 Å². The monoisotopic (exact) mass is 479 g/mol. The summed E-state index contributed by atoms with van der Waals surface area (Å²) in [7, 11) is -0.577. The Morgan fingerprint density at radius 2 is 1.82 bits per heavy atom. The Morgan fingerprint density at radius 3 is 2.45 bits per heavy atom. The zero-order valence-corrected chi connectivity index (χ0v) is 18.8. The Bertz CT molecular complexity index is 1490. The van der Waals surface area contributed by atoms with Gasteiger partial charge in [-0.3, -0.25) is 4.68 Å².